The number of hydrogen-bond donors (Lipinski definition) is 2. The van der Waals surface area contributed by atoms with Gasteiger partial charge in [-0.05, 0) is 24.1 Å². The molecule has 0 aliphatic carbocycles. The van der Waals surface area contributed by atoms with Crippen molar-refractivity contribution >= 4 is 15.9 Å². The molecule has 0 amide bonds. The molecule has 0 heterocycles. The van der Waals surface area contributed by atoms with Crippen LogP contribution >= 0.6 is 15.9 Å². The average molecular weight is 231 g/mol. The van der Waals surface area contributed by atoms with Gasteiger partial charge in [-0.2, -0.15) is 0 Å². The molecule has 0 radical (unpaired) electrons. The first-order valence-electron chi connectivity index (χ1n) is 3.70. The van der Waals surface area contributed by atoms with Gasteiger partial charge < -0.3 is 10.2 Å². The van der Waals surface area contributed by atoms with Crippen molar-refractivity contribution in [3.63, 3.8) is 0 Å². The van der Waals surface area contributed by atoms with Crippen LogP contribution in [-0.2, 0) is 0 Å². The van der Waals surface area contributed by atoms with Gasteiger partial charge in [0.1, 0.15) is 6.10 Å². The number of aliphatic hydroxyl groups excluding tert-OH is 2. The fraction of sp³-hybridized carbons (Fsp3) is 0.333. The Labute approximate surface area is 80.0 Å². The number of benzene rings is 1. The van der Waals surface area contributed by atoms with Crippen LogP contribution in [0.3, 0.4) is 0 Å². The van der Waals surface area contributed by atoms with Crippen molar-refractivity contribution < 1.29 is 10.2 Å². The molecular formula is C9H11BrO2. The van der Waals surface area contributed by atoms with E-state index in [4.69, 9.17) is 5.11 Å². The first-order valence-corrected chi connectivity index (χ1v) is 4.50. The van der Waals surface area contributed by atoms with Gasteiger partial charge in [0.05, 0.1) is 6.61 Å². The Hall–Kier alpha value is -0.380. The second kappa shape index (κ2) is 4.03. The van der Waals surface area contributed by atoms with Gasteiger partial charge in [-0.3, -0.25) is 0 Å². The second-order valence-electron chi connectivity index (χ2n) is 2.65. The summed E-state index contributed by atoms with van der Waals surface area (Å²) in [6.45, 7) is 1.66. The Morgan fingerprint density at radius 1 is 1.50 bits per heavy atom. The van der Waals surface area contributed by atoms with E-state index in [-0.39, 0.29) is 6.61 Å². The summed E-state index contributed by atoms with van der Waals surface area (Å²) in [6.07, 6.45) is -0.775. The van der Waals surface area contributed by atoms with Crippen LogP contribution in [0.5, 0.6) is 0 Å². The first-order chi connectivity index (χ1) is 5.66. The van der Waals surface area contributed by atoms with Gasteiger partial charge in [0.2, 0.25) is 0 Å². The molecule has 2 N–H and O–H groups in total. The Kier molecular flexibility index (Phi) is 3.26. The third-order valence-corrected chi connectivity index (χ3v) is 2.70. The average Bonchev–Trinajstić information content (AvgIpc) is 2.08. The second-order valence-corrected chi connectivity index (χ2v) is 3.51. The van der Waals surface area contributed by atoms with Crippen molar-refractivity contribution in [3.8, 4) is 0 Å². The molecule has 0 aromatic heterocycles. The normalized spacial score (nSPS) is 13.0. The molecule has 0 saturated carbocycles. The van der Waals surface area contributed by atoms with E-state index in [9.17, 15) is 5.11 Å². The van der Waals surface area contributed by atoms with Crippen molar-refractivity contribution in [1.29, 1.82) is 0 Å². The van der Waals surface area contributed by atoms with Gasteiger partial charge >= 0.3 is 0 Å². The minimum atomic E-state index is -0.775. The lowest BCUT2D eigenvalue weighted by Gasteiger charge is -2.11. The molecule has 0 fully saturated rings. The van der Waals surface area contributed by atoms with Crippen LogP contribution in [0, 0.1) is 6.92 Å². The zero-order valence-corrected chi connectivity index (χ0v) is 8.37. The molecule has 1 rings (SSSR count). The van der Waals surface area contributed by atoms with Crippen molar-refractivity contribution in [3.05, 3.63) is 33.8 Å². The third-order valence-electron chi connectivity index (χ3n) is 1.84. The maximum atomic E-state index is 9.36. The molecule has 12 heavy (non-hydrogen) atoms. The van der Waals surface area contributed by atoms with Gasteiger partial charge in [-0.25, -0.2) is 0 Å². The largest absolute Gasteiger partial charge is 0.393 e. The molecule has 0 bridgehead atoms. The molecule has 1 aromatic carbocycles. The standard InChI is InChI=1S/C9H11BrO2/c1-6-7(9(12)5-11)3-2-4-8(6)10/h2-4,9,11-12H,5H2,1H3. The maximum absolute atomic E-state index is 9.36. The minimum Gasteiger partial charge on any atom is -0.393 e. The topological polar surface area (TPSA) is 40.5 Å². The van der Waals surface area contributed by atoms with Crippen molar-refractivity contribution in [2.24, 2.45) is 0 Å². The summed E-state index contributed by atoms with van der Waals surface area (Å²) in [7, 11) is 0. The van der Waals surface area contributed by atoms with Gasteiger partial charge in [0, 0.05) is 4.47 Å². The Bertz CT molecular complexity index is 273. The zero-order chi connectivity index (χ0) is 9.14. The Morgan fingerprint density at radius 2 is 2.17 bits per heavy atom. The van der Waals surface area contributed by atoms with E-state index in [1.807, 2.05) is 19.1 Å². The highest BCUT2D eigenvalue weighted by atomic mass is 79.9. The van der Waals surface area contributed by atoms with E-state index in [0.717, 1.165) is 15.6 Å². The van der Waals surface area contributed by atoms with Gasteiger partial charge in [0.15, 0.2) is 0 Å². The Morgan fingerprint density at radius 3 is 2.75 bits per heavy atom. The molecule has 66 valence electrons. The third kappa shape index (κ3) is 1.86. The summed E-state index contributed by atoms with van der Waals surface area (Å²) in [5, 5.41) is 18.1. The molecule has 0 aliphatic heterocycles. The van der Waals surface area contributed by atoms with Crippen molar-refractivity contribution in [2.75, 3.05) is 6.61 Å². The molecule has 1 atom stereocenters. The van der Waals surface area contributed by atoms with E-state index in [1.54, 1.807) is 6.07 Å². The number of hydrogen-bond acceptors (Lipinski definition) is 2. The van der Waals surface area contributed by atoms with Crippen LogP contribution in [0.4, 0.5) is 0 Å². The SMILES string of the molecule is Cc1c(Br)cccc1C(O)CO. The van der Waals surface area contributed by atoms with E-state index in [1.165, 1.54) is 0 Å². The lowest BCUT2D eigenvalue weighted by Crippen LogP contribution is -2.04. The van der Waals surface area contributed by atoms with E-state index >= 15 is 0 Å². The molecular weight excluding hydrogens is 220 g/mol. The fourth-order valence-electron chi connectivity index (χ4n) is 1.08. The summed E-state index contributed by atoms with van der Waals surface area (Å²) >= 11 is 3.35. The summed E-state index contributed by atoms with van der Waals surface area (Å²) in [5.74, 6) is 0. The lowest BCUT2D eigenvalue weighted by atomic mass is 10.0. The van der Waals surface area contributed by atoms with Crippen LogP contribution in [-0.4, -0.2) is 16.8 Å². The molecule has 1 aromatic rings. The quantitative estimate of drug-likeness (QED) is 0.814. The van der Waals surface area contributed by atoms with Gasteiger partial charge in [0.25, 0.3) is 0 Å². The predicted octanol–water partition coefficient (Wildman–Crippen LogP) is 1.78. The van der Waals surface area contributed by atoms with E-state index < -0.39 is 6.10 Å². The van der Waals surface area contributed by atoms with E-state index in [0.29, 0.717) is 0 Å². The minimum absolute atomic E-state index is 0.239. The van der Waals surface area contributed by atoms with Gasteiger partial charge in [-0.15, -0.1) is 0 Å². The molecule has 1 unspecified atom stereocenters. The molecule has 2 nitrogen and oxygen atoms in total. The summed E-state index contributed by atoms with van der Waals surface area (Å²) in [5.41, 5.74) is 1.74. The fourth-order valence-corrected chi connectivity index (χ4v) is 1.47. The Balaban J connectivity index is 3.07. The van der Waals surface area contributed by atoms with E-state index in [2.05, 4.69) is 15.9 Å². The highest BCUT2D eigenvalue weighted by Gasteiger charge is 2.09. The number of halogens is 1. The van der Waals surface area contributed by atoms with Crippen LogP contribution in [0.25, 0.3) is 0 Å². The monoisotopic (exact) mass is 230 g/mol. The highest BCUT2D eigenvalue weighted by molar-refractivity contribution is 9.10. The summed E-state index contributed by atoms with van der Waals surface area (Å²) in [4.78, 5) is 0. The summed E-state index contributed by atoms with van der Waals surface area (Å²) in [6, 6.07) is 5.55. The van der Waals surface area contributed by atoms with Crippen LogP contribution < -0.4 is 0 Å². The van der Waals surface area contributed by atoms with Crippen LogP contribution in [0.1, 0.15) is 17.2 Å². The van der Waals surface area contributed by atoms with Crippen LogP contribution in [0.2, 0.25) is 0 Å². The maximum Gasteiger partial charge on any atom is 0.102 e. The lowest BCUT2D eigenvalue weighted by molar-refractivity contribution is 0.0951. The molecule has 0 spiro atoms. The smallest absolute Gasteiger partial charge is 0.102 e. The highest BCUT2D eigenvalue weighted by Crippen LogP contribution is 2.23. The molecule has 3 heteroatoms. The van der Waals surface area contributed by atoms with Crippen LogP contribution in [0.15, 0.2) is 22.7 Å². The predicted molar refractivity (Wildman–Crippen MR) is 50.9 cm³/mol. The van der Waals surface area contributed by atoms with Crippen molar-refractivity contribution in [2.45, 2.75) is 13.0 Å². The molecule has 0 saturated heterocycles. The zero-order valence-electron chi connectivity index (χ0n) is 6.79. The molecule has 0 aliphatic rings. The first kappa shape index (κ1) is 9.71. The number of rotatable bonds is 2. The van der Waals surface area contributed by atoms with Gasteiger partial charge in [-0.1, -0.05) is 28.1 Å². The van der Waals surface area contributed by atoms with Crippen molar-refractivity contribution in [1.82, 2.24) is 0 Å². The summed E-state index contributed by atoms with van der Waals surface area (Å²) < 4.78 is 0.951. The number of aliphatic hydroxyl groups is 2.